The van der Waals surface area contributed by atoms with E-state index in [0.717, 1.165) is 28.3 Å². The van der Waals surface area contributed by atoms with E-state index in [1.807, 2.05) is 49.5 Å². The molecule has 4 heteroatoms. The fourth-order valence-corrected chi connectivity index (χ4v) is 1.95. The molecule has 0 unspecified atom stereocenters. The molecule has 0 radical (unpaired) electrons. The number of anilines is 1. The van der Waals surface area contributed by atoms with Crippen molar-refractivity contribution in [3.63, 3.8) is 0 Å². The Labute approximate surface area is 123 Å². The second-order valence-corrected chi connectivity index (χ2v) is 4.84. The van der Waals surface area contributed by atoms with Crippen LogP contribution in [0.4, 0.5) is 5.69 Å². The van der Waals surface area contributed by atoms with E-state index in [-0.39, 0.29) is 0 Å². The van der Waals surface area contributed by atoms with E-state index < -0.39 is 0 Å². The molecule has 3 rings (SSSR count). The van der Waals surface area contributed by atoms with E-state index >= 15 is 0 Å². The highest BCUT2D eigenvalue weighted by Crippen LogP contribution is 2.15. The van der Waals surface area contributed by atoms with Crippen LogP contribution in [0.2, 0.25) is 0 Å². The highest BCUT2D eigenvalue weighted by atomic mass is 15.0. The molecule has 4 nitrogen and oxygen atoms in total. The van der Waals surface area contributed by atoms with Crippen LogP contribution in [-0.2, 0) is 6.54 Å². The lowest BCUT2D eigenvalue weighted by molar-refractivity contribution is 1.03. The zero-order valence-electron chi connectivity index (χ0n) is 11.8. The van der Waals surface area contributed by atoms with Crippen molar-refractivity contribution in [1.29, 1.82) is 0 Å². The Balaban J connectivity index is 1.66. The number of aryl methyl sites for hydroxylation is 1. The van der Waals surface area contributed by atoms with Crippen molar-refractivity contribution in [2.75, 3.05) is 5.32 Å². The number of nitrogens with zero attached hydrogens (tertiary/aromatic N) is 3. The maximum Gasteiger partial charge on any atom is 0.159 e. The van der Waals surface area contributed by atoms with Gasteiger partial charge in [0.2, 0.25) is 0 Å². The molecule has 0 aliphatic carbocycles. The Kier molecular flexibility index (Phi) is 3.87. The number of hydrogen-bond acceptors (Lipinski definition) is 4. The molecular weight excluding hydrogens is 260 g/mol. The standard InChI is InChI=1S/C17H16N4/c1-13-7-8-15(18-9-13)10-19-16-11-20-17(21-12-16)14-5-3-2-4-6-14/h2-9,11-12,19H,10H2,1H3. The van der Waals surface area contributed by atoms with Gasteiger partial charge in [-0.1, -0.05) is 36.4 Å². The van der Waals surface area contributed by atoms with E-state index in [2.05, 4.69) is 26.3 Å². The molecule has 1 aromatic carbocycles. The van der Waals surface area contributed by atoms with Gasteiger partial charge in [0.15, 0.2) is 5.82 Å². The molecule has 3 aromatic rings. The molecule has 2 aromatic heterocycles. The maximum atomic E-state index is 4.38. The van der Waals surface area contributed by atoms with E-state index in [4.69, 9.17) is 0 Å². The average Bonchev–Trinajstić information content (AvgIpc) is 2.56. The minimum absolute atomic E-state index is 0.661. The van der Waals surface area contributed by atoms with Crippen LogP contribution in [0.15, 0.2) is 61.1 Å². The highest BCUT2D eigenvalue weighted by molar-refractivity contribution is 5.55. The van der Waals surface area contributed by atoms with Gasteiger partial charge in [0.1, 0.15) is 0 Å². The van der Waals surface area contributed by atoms with E-state index in [0.29, 0.717) is 6.54 Å². The van der Waals surface area contributed by atoms with Crippen LogP contribution in [0, 0.1) is 6.92 Å². The summed E-state index contributed by atoms with van der Waals surface area (Å²) in [5.41, 5.74) is 4.06. The smallest absolute Gasteiger partial charge is 0.159 e. The van der Waals surface area contributed by atoms with Gasteiger partial charge in [0, 0.05) is 11.8 Å². The quantitative estimate of drug-likeness (QED) is 0.793. The second-order valence-electron chi connectivity index (χ2n) is 4.84. The van der Waals surface area contributed by atoms with Crippen molar-refractivity contribution in [2.24, 2.45) is 0 Å². The van der Waals surface area contributed by atoms with Crippen LogP contribution >= 0.6 is 0 Å². The molecule has 21 heavy (non-hydrogen) atoms. The normalized spacial score (nSPS) is 10.3. The Morgan fingerprint density at radius 3 is 2.29 bits per heavy atom. The van der Waals surface area contributed by atoms with Gasteiger partial charge in [-0.15, -0.1) is 0 Å². The monoisotopic (exact) mass is 276 g/mol. The summed E-state index contributed by atoms with van der Waals surface area (Å²) in [6, 6.07) is 14.0. The third-order valence-corrected chi connectivity index (χ3v) is 3.13. The first-order valence-electron chi connectivity index (χ1n) is 6.84. The molecule has 0 spiro atoms. The fraction of sp³-hybridized carbons (Fsp3) is 0.118. The van der Waals surface area contributed by atoms with Crippen LogP contribution in [0.1, 0.15) is 11.3 Å². The molecule has 0 saturated carbocycles. The number of benzene rings is 1. The van der Waals surface area contributed by atoms with Gasteiger partial charge < -0.3 is 5.32 Å². The van der Waals surface area contributed by atoms with Gasteiger partial charge in [0.05, 0.1) is 30.3 Å². The zero-order chi connectivity index (χ0) is 14.5. The van der Waals surface area contributed by atoms with Gasteiger partial charge in [-0.05, 0) is 18.6 Å². The molecule has 0 aliphatic heterocycles. The Bertz CT molecular complexity index is 691. The number of pyridine rings is 1. The third kappa shape index (κ3) is 3.42. The topological polar surface area (TPSA) is 50.7 Å². The first kappa shape index (κ1) is 13.2. The zero-order valence-corrected chi connectivity index (χ0v) is 11.8. The summed E-state index contributed by atoms with van der Waals surface area (Å²) in [5, 5.41) is 3.27. The van der Waals surface area contributed by atoms with E-state index in [1.54, 1.807) is 12.4 Å². The van der Waals surface area contributed by atoms with Crippen molar-refractivity contribution in [3.8, 4) is 11.4 Å². The molecule has 0 fully saturated rings. The van der Waals surface area contributed by atoms with Crippen LogP contribution in [-0.4, -0.2) is 15.0 Å². The first-order chi connectivity index (χ1) is 10.3. The lowest BCUT2D eigenvalue weighted by Gasteiger charge is -2.06. The summed E-state index contributed by atoms with van der Waals surface area (Å²) in [6.45, 7) is 2.69. The number of rotatable bonds is 4. The van der Waals surface area contributed by atoms with Crippen LogP contribution in [0.3, 0.4) is 0 Å². The van der Waals surface area contributed by atoms with E-state index in [1.165, 1.54) is 0 Å². The summed E-state index contributed by atoms with van der Waals surface area (Å²) >= 11 is 0. The molecule has 0 saturated heterocycles. The SMILES string of the molecule is Cc1ccc(CNc2cnc(-c3ccccc3)nc2)nc1. The van der Waals surface area contributed by atoms with Crippen molar-refractivity contribution in [2.45, 2.75) is 13.5 Å². The predicted molar refractivity (Wildman–Crippen MR) is 83.8 cm³/mol. The number of hydrogen-bond donors (Lipinski definition) is 1. The van der Waals surface area contributed by atoms with Gasteiger partial charge in [-0.3, -0.25) is 4.98 Å². The van der Waals surface area contributed by atoms with Gasteiger partial charge >= 0.3 is 0 Å². The molecule has 0 bridgehead atoms. The average molecular weight is 276 g/mol. The summed E-state index contributed by atoms with van der Waals surface area (Å²) in [7, 11) is 0. The minimum atomic E-state index is 0.661. The van der Waals surface area contributed by atoms with Crippen molar-refractivity contribution < 1.29 is 0 Å². The molecule has 0 amide bonds. The molecule has 0 atom stereocenters. The lowest BCUT2D eigenvalue weighted by Crippen LogP contribution is -2.02. The summed E-state index contributed by atoms with van der Waals surface area (Å²) in [4.78, 5) is 13.1. The molecule has 104 valence electrons. The van der Waals surface area contributed by atoms with Crippen molar-refractivity contribution in [3.05, 3.63) is 72.3 Å². The summed E-state index contributed by atoms with van der Waals surface area (Å²) in [5.74, 6) is 0.731. The number of nitrogens with one attached hydrogen (secondary N) is 1. The molecular formula is C17H16N4. The van der Waals surface area contributed by atoms with Crippen molar-refractivity contribution in [1.82, 2.24) is 15.0 Å². The van der Waals surface area contributed by atoms with Crippen LogP contribution in [0.5, 0.6) is 0 Å². The second kappa shape index (κ2) is 6.13. The molecule has 2 heterocycles. The Morgan fingerprint density at radius 2 is 1.62 bits per heavy atom. The number of aromatic nitrogens is 3. The van der Waals surface area contributed by atoms with Crippen LogP contribution in [0.25, 0.3) is 11.4 Å². The largest absolute Gasteiger partial charge is 0.377 e. The minimum Gasteiger partial charge on any atom is -0.377 e. The predicted octanol–water partition coefficient (Wildman–Crippen LogP) is 3.46. The first-order valence-corrected chi connectivity index (χ1v) is 6.84. The van der Waals surface area contributed by atoms with Gasteiger partial charge in [-0.2, -0.15) is 0 Å². The Hall–Kier alpha value is -2.75. The molecule has 1 N–H and O–H groups in total. The third-order valence-electron chi connectivity index (χ3n) is 3.13. The Morgan fingerprint density at radius 1 is 0.857 bits per heavy atom. The summed E-state index contributed by atoms with van der Waals surface area (Å²) < 4.78 is 0. The van der Waals surface area contributed by atoms with Gasteiger partial charge in [-0.25, -0.2) is 9.97 Å². The fourth-order valence-electron chi connectivity index (χ4n) is 1.95. The van der Waals surface area contributed by atoms with Gasteiger partial charge in [0.25, 0.3) is 0 Å². The van der Waals surface area contributed by atoms with E-state index in [9.17, 15) is 0 Å². The maximum absolute atomic E-state index is 4.38. The molecule has 0 aliphatic rings. The summed E-state index contributed by atoms with van der Waals surface area (Å²) in [6.07, 6.45) is 5.46. The lowest BCUT2D eigenvalue weighted by atomic mass is 10.2. The van der Waals surface area contributed by atoms with Crippen molar-refractivity contribution >= 4 is 5.69 Å². The highest BCUT2D eigenvalue weighted by Gasteiger charge is 2.01. The van der Waals surface area contributed by atoms with Crippen LogP contribution < -0.4 is 5.32 Å².